The minimum Gasteiger partial charge on any atom is -0.489 e. The first-order valence-corrected chi connectivity index (χ1v) is 6.72. The number of benzene rings is 2. The van der Waals surface area contributed by atoms with Gasteiger partial charge in [0.05, 0.1) is 12.2 Å². The fourth-order valence-corrected chi connectivity index (χ4v) is 1.73. The third kappa shape index (κ3) is 4.18. The summed E-state index contributed by atoms with van der Waals surface area (Å²) >= 11 is 0. The summed E-state index contributed by atoms with van der Waals surface area (Å²) in [7, 11) is 1.54. The molecule has 4 nitrogen and oxygen atoms in total. The van der Waals surface area contributed by atoms with Gasteiger partial charge in [-0.1, -0.05) is 24.3 Å². The Kier molecular flexibility index (Phi) is 5.30. The van der Waals surface area contributed by atoms with Gasteiger partial charge in [-0.3, -0.25) is 0 Å². The van der Waals surface area contributed by atoms with Gasteiger partial charge in [0.25, 0.3) is 0 Å². The molecule has 0 aliphatic rings. The molecule has 116 valence electrons. The lowest BCUT2D eigenvalue weighted by Crippen LogP contribution is -2.34. The summed E-state index contributed by atoms with van der Waals surface area (Å²) in [5, 5.41) is 2.45. The number of rotatable bonds is 5. The van der Waals surface area contributed by atoms with Gasteiger partial charge in [0.15, 0.2) is 11.6 Å². The Hall–Kier alpha value is -2.63. The minimum absolute atomic E-state index is 0.106. The van der Waals surface area contributed by atoms with Crippen LogP contribution in [0, 0.1) is 11.6 Å². The van der Waals surface area contributed by atoms with Gasteiger partial charge in [-0.15, -0.1) is 0 Å². The van der Waals surface area contributed by atoms with E-state index in [1.54, 1.807) is 25.2 Å². The summed E-state index contributed by atoms with van der Waals surface area (Å²) in [5.74, 6) is -0.835. The highest BCUT2D eigenvalue weighted by molar-refractivity contribution is 5.89. The van der Waals surface area contributed by atoms with E-state index in [2.05, 4.69) is 5.32 Å². The molecule has 22 heavy (non-hydrogen) atoms. The second-order valence-corrected chi connectivity index (χ2v) is 4.61. The first-order valence-electron chi connectivity index (χ1n) is 6.72. The number of para-hydroxylation sites is 2. The second kappa shape index (κ2) is 7.40. The molecule has 0 bridgehead atoms. The van der Waals surface area contributed by atoms with Crippen molar-refractivity contribution in [3.05, 3.63) is 60.2 Å². The first kappa shape index (κ1) is 15.8. The Morgan fingerprint density at radius 1 is 1.09 bits per heavy atom. The maximum atomic E-state index is 13.4. The number of carbonyl (C=O) groups excluding carboxylic acids is 1. The molecule has 2 aromatic carbocycles. The summed E-state index contributed by atoms with van der Waals surface area (Å²) in [6.07, 6.45) is 0. The number of likely N-dealkylation sites (N-methyl/N-ethyl adjacent to an activating group) is 1. The van der Waals surface area contributed by atoms with Gasteiger partial charge in [-0.05, 0) is 24.3 Å². The van der Waals surface area contributed by atoms with Crippen molar-refractivity contribution >= 4 is 11.7 Å². The standard InChI is InChI=1S/C16H16F2N2O2/c1-20(10-11-22-15-9-5-3-7-13(15)18)16(21)19-14-8-4-2-6-12(14)17/h2-9H,10-11H2,1H3,(H,19,21). The number of carbonyl (C=O) groups is 1. The van der Waals surface area contributed by atoms with Crippen molar-refractivity contribution in [3.8, 4) is 5.75 Å². The maximum Gasteiger partial charge on any atom is 0.321 e. The van der Waals surface area contributed by atoms with E-state index in [0.717, 1.165) is 0 Å². The van der Waals surface area contributed by atoms with E-state index < -0.39 is 17.7 Å². The lowest BCUT2D eigenvalue weighted by molar-refractivity contribution is 0.206. The number of nitrogens with one attached hydrogen (secondary N) is 1. The highest BCUT2D eigenvalue weighted by atomic mass is 19.1. The maximum absolute atomic E-state index is 13.4. The molecule has 2 rings (SSSR count). The summed E-state index contributed by atoms with van der Waals surface area (Å²) < 4.78 is 32.0. The van der Waals surface area contributed by atoms with Crippen molar-refractivity contribution in [3.63, 3.8) is 0 Å². The highest BCUT2D eigenvalue weighted by Gasteiger charge is 2.11. The third-order valence-corrected chi connectivity index (χ3v) is 2.98. The number of nitrogens with zero attached hydrogens (tertiary/aromatic N) is 1. The summed E-state index contributed by atoms with van der Waals surface area (Å²) in [4.78, 5) is 13.2. The zero-order valence-electron chi connectivity index (χ0n) is 12.1. The van der Waals surface area contributed by atoms with Crippen LogP contribution in [0.4, 0.5) is 19.3 Å². The van der Waals surface area contributed by atoms with Gasteiger partial charge in [-0.25, -0.2) is 13.6 Å². The smallest absolute Gasteiger partial charge is 0.321 e. The van der Waals surface area contributed by atoms with Gasteiger partial charge in [-0.2, -0.15) is 0 Å². The van der Waals surface area contributed by atoms with Crippen LogP contribution in [0.25, 0.3) is 0 Å². The zero-order chi connectivity index (χ0) is 15.9. The van der Waals surface area contributed by atoms with Crippen molar-refractivity contribution in [2.24, 2.45) is 0 Å². The van der Waals surface area contributed by atoms with E-state index in [0.29, 0.717) is 0 Å². The molecule has 6 heteroatoms. The molecule has 0 aliphatic carbocycles. The normalized spacial score (nSPS) is 10.1. The Labute approximate surface area is 127 Å². The van der Waals surface area contributed by atoms with E-state index in [9.17, 15) is 13.6 Å². The zero-order valence-corrected chi connectivity index (χ0v) is 12.1. The number of amides is 2. The molecule has 2 amide bonds. The third-order valence-electron chi connectivity index (χ3n) is 2.98. The Morgan fingerprint density at radius 2 is 1.73 bits per heavy atom. The topological polar surface area (TPSA) is 41.6 Å². The molecule has 0 saturated carbocycles. The fraction of sp³-hybridized carbons (Fsp3) is 0.188. The largest absolute Gasteiger partial charge is 0.489 e. The Morgan fingerprint density at radius 3 is 2.41 bits per heavy atom. The van der Waals surface area contributed by atoms with Crippen molar-refractivity contribution < 1.29 is 18.3 Å². The van der Waals surface area contributed by atoms with E-state index in [1.807, 2.05) is 0 Å². The van der Waals surface area contributed by atoms with E-state index in [1.165, 1.54) is 35.2 Å². The van der Waals surface area contributed by atoms with E-state index in [-0.39, 0.29) is 24.6 Å². The molecule has 1 N–H and O–H groups in total. The molecular weight excluding hydrogens is 290 g/mol. The number of hydrogen-bond donors (Lipinski definition) is 1. The quantitative estimate of drug-likeness (QED) is 0.918. The number of halogens is 2. The van der Waals surface area contributed by atoms with E-state index in [4.69, 9.17) is 4.74 Å². The molecule has 0 spiro atoms. The molecule has 0 aliphatic heterocycles. The molecule has 0 saturated heterocycles. The lowest BCUT2D eigenvalue weighted by atomic mass is 10.3. The molecule has 0 atom stereocenters. The molecule has 0 aromatic heterocycles. The summed E-state index contributed by atoms with van der Waals surface area (Å²) in [5.41, 5.74) is 0.106. The number of hydrogen-bond acceptors (Lipinski definition) is 2. The Bertz CT molecular complexity index is 650. The van der Waals surface area contributed by atoms with Crippen LogP contribution in [-0.2, 0) is 0 Å². The minimum atomic E-state index is -0.508. The van der Waals surface area contributed by atoms with Crippen LogP contribution in [0.2, 0.25) is 0 Å². The monoisotopic (exact) mass is 306 g/mol. The van der Waals surface area contributed by atoms with Crippen LogP contribution < -0.4 is 10.1 Å². The first-order chi connectivity index (χ1) is 10.6. The van der Waals surface area contributed by atoms with Crippen molar-refractivity contribution in [1.29, 1.82) is 0 Å². The summed E-state index contributed by atoms with van der Waals surface area (Å²) in [6, 6.07) is 11.5. The van der Waals surface area contributed by atoms with Gasteiger partial charge in [0.1, 0.15) is 12.4 Å². The second-order valence-electron chi connectivity index (χ2n) is 4.61. The van der Waals surface area contributed by atoms with Gasteiger partial charge in [0.2, 0.25) is 0 Å². The van der Waals surface area contributed by atoms with Crippen LogP contribution in [0.1, 0.15) is 0 Å². The molecular formula is C16H16F2N2O2. The highest BCUT2D eigenvalue weighted by Crippen LogP contribution is 2.15. The van der Waals surface area contributed by atoms with Gasteiger partial charge in [0, 0.05) is 7.05 Å². The molecule has 0 heterocycles. The molecule has 2 aromatic rings. The average Bonchev–Trinajstić information content (AvgIpc) is 2.51. The van der Waals surface area contributed by atoms with Crippen LogP contribution in [0.15, 0.2) is 48.5 Å². The number of urea groups is 1. The predicted octanol–water partition coefficient (Wildman–Crippen LogP) is 3.51. The number of ether oxygens (including phenoxy) is 1. The fourth-order valence-electron chi connectivity index (χ4n) is 1.73. The average molecular weight is 306 g/mol. The number of anilines is 1. The SMILES string of the molecule is CN(CCOc1ccccc1F)C(=O)Nc1ccccc1F. The van der Waals surface area contributed by atoms with Crippen molar-refractivity contribution in [1.82, 2.24) is 4.90 Å². The summed E-state index contributed by atoms with van der Waals surface area (Å²) in [6.45, 7) is 0.358. The Balaban J connectivity index is 1.82. The van der Waals surface area contributed by atoms with Crippen molar-refractivity contribution in [2.75, 3.05) is 25.5 Å². The molecule has 0 fully saturated rings. The molecule has 0 radical (unpaired) electrons. The predicted molar refractivity (Wildman–Crippen MR) is 79.9 cm³/mol. The van der Waals surface area contributed by atoms with Crippen LogP contribution in [0.3, 0.4) is 0 Å². The van der Waals surface area contributed by atoms with Crippen molar-refractivity contribution in [2.45, 2.75) is 0 Å². The van der Waals surface area contributed by atoms with Gasteiger partial charge >= 0.3 is 6.03 Å². The lowest BCUT2D eigenvalue weighted by Gasteiger charge is -2.18. The van der Waals surface area contributed by atoms with Crippen LogP contribution in [-0.4, -0.2) is 31.1 Å². The van der Waals surface area contributed by atoms with Crippen LogP contribution >= 0.6 is 0 Å². The van der Waals surface area contributed by atoms with Gasteiger partial charge < -0.3 is 15.0 Å². The van der Waals surface area contributed by atoms with Crippen LogP contribution in [0.5, 0.6) is 5.75 Å². The van der Waals surface area contributed by atoms with E-state index >= 15 is 0 Å². The molecule has 0 unspecified atom stereocenters.